The minimum absolute atomic E-state index is 0.338. The second-order valence-corrected chi connectivity index (χ2v) is 6.80. The van der Waals surface area contributed by atoms with E-state index in [9.17, 15) is 9.59 Å². The van der Waals surface area contributed by atoms with E-state index in [0.29, 0.717) is 17.4 Å². The number of H-pyrrole nitrogens is 1. The number of fused-ring (bicyclic) bond motifs is 2. The zero-order chi connectivity index (χ0) is 20.5. The number of nitrogens with one attached hydrogen (secondary N) is 3. The fourth-order valence-electron chi connectivity index (χ4n) is 3.25. The molecule has 0 saturated heterocycles. The number of nitrogens with zero attached hydrogens (tertiary/aromatic N) is 2. The van der Waals surface area contributed by atoms with Gasteiger partial charge in [0.05, 0.1) is 18.1 Å². The molecule has 148 valence electrons. The number of methoxy groups -OCH3 is 1. The molecule has 3 N–H and O–H groups in total. The van der Waals surface area contributed by atoms with E-state index in [1.54, 1.807) is 24.7 Å². The van der Waals surface area contributed by atoms with Gasteiger partial charge in [0.2, 0.25) is 11.9 Å². The third-order valence-corrected chi connectivity index (χ3v) is 4.85. The van der Waals surface area contributed by atoms with Gasteiger partial charge in [0.1, 0.15) is 17.5 Å². The summed E-state index contributed by atoms with van der Waals surface area (Å²) in [4.78, 5) is 32.6. The van der Waals surface area contributed by atoms with E-state index in [2.05, 4.69) is 20.6 Å². The molecular weight excluding hydrogens is 370 g/mol. The number of benzene rings is 2. The van der Waals surface area contributed by atoms with Gasteiger partial charge < -0.3 is 19.6 Å². The van der Waals surface area contributed by atoms with E-state index in [-0.39, 0.29) is 11.8 Å². The van der Waals surface area contributed by atoms with Gasteiger partial charge in [0.25, 0.3) is 5.91 Å². The molecule has 29 heavy (non-hydrogen) atoms. The van der Waals surface area contributed by atoms with E-state index >= 15 is 0 Å². The molecule has 1 atom stereocenters. The Bertz CT molecular complexity index is 1190. The first-order valence-electron chi connectivity index (χ1n) is 9.16. The van der Waals surface area contributed by atoms with E-state index in [4.69, 9.17) is 4.74 Å². The molecule has 0 aliphatic heterocycles. The molecule has 2 amide bonds. The van der Waals surface area contributed by atoms with Crippen molar-refractivity contribution < 1.29 is 14.3 Å². The number of aryl methyl sites for hydroxylation is 1. The normalized spacial score (nSPS) is 12.1. The van der Waals surface area contributed by atoms with Gasteiger partial charge in [-0.05, 0) is 43.3 Å². The Morgan fingerprint density at radius 2 is 1.97 bits per heavy atom. The van der Waals surface area contributed by atoms with Crippen molar-refractivity contribution in [2.75, 3.05) is 12.4 Å². The first-order chi connectivity index (χ1) is 14.0. The third-order valence-electron chi connectivity index (χ3n) is 4.85. The number of ether oxygens (including phenoxy) is 1. The zero-order valence-electron chi connectivity index (χ0n) is 16.3. The molecule has 0 aliphatic rings. The standard InChI is InChI=1S/C21H21N5O3/c1-12(19(27)25-21-23-15-6-4-5-7-16(15)24-21)22-20(28)18-11-13-10-14(29-3)8-9-17(13)26(18)2/h4-12H,1-3H3,(H,22,28)(H2,23,24,25,27). The van der Waals surface area contributed by atoms with Crippen molar-refractivity contribution >= 4 is 39.7 Å². The predicted octanol–water partition coefficient (Wildman–Crippen LogP) is 2.82. The average molecular weight is 391 g/mol. The molecule has 0 fully saturated rings. The Hall–Kier alpha value is -3.81. The lowest BCUT2D eigenvalue weighted by atomic mass is 10.2. The highest BCUT2D eigenvalue weighted by Gasteiger charge is 2.20. The minimum Gasteiger partial charge on any atom is -0.497 e. The van der Waals surface area contributed by atoms with Gasteiger partial charge in [-0.3, -0.25) is 14.9 Å². The maximum absolute atomic E-state index is 12.7. The third kappa shape index (κ3) is 3.52. The molecule has 8 heteroatoms. The van der Waals surface area contributed by atoms with Crippen molar-refractivity contribution in [2.45, 2.75) is 13.0 Å². The number of rotatable bonds is 5. The van der Waals surface area contributed by atoms with Crippen LogP contribution in [0.2, 0.25) is 0 Å². The van der Waals surface area contributed by atoms with E-state index < -0.39 is 6.04 Å². The lowest BCUT2D eigenvalue weighted by Gasteiger charge is -2.13. The smallest absolute Gasteiger partial charge is 0.268 e. The molecule has 4 rings (SSSR count). The van der Waals surface area contributed by atoms with Gasteiger partial charge in [0, 0.05) is 18.0 Å². The van der Waals surface area contributed by atoms with Crippen LogP contribution in [0.4, 0.5) is 5.95 Å². The Kier molecular flexibility index (Phi) is 4.67. The molecule has 2 aromatic heterocycles. The monoisotopic (exact) mass is 391 g/mol. The van der Waals surface area contributed by atoms with Crippen LogP contribution < -0.4 is 15.4 Å². The summed E-state index contributed by atoms with van der Waals surface area (Å²) >= 11 is 0. The topological polar surface area (TPSA) is 101 Å². The molecule has 0 saturated carbocycles. The molecule has 8 nitrogen and oxygen atoms in total. The molecular formula is C21H21N5O3. The lowest BCUT2D eigenvalue weighted by molar-refractivity contribution is -0.117. The van der Waals surface area contributed by atoms with Gasteiger partial charge in [-0.1, -0.05) is 12.1 Å². The molecule has 0 aliphatic carbocycles. The van der Waals surface area contributed by atoms with Crippen LogP contribution in [0.3, 0.4) is 0 Å². The van der Waals surface area contributed by atoms with Crippen LogP contribution in [0, 0.1) is 0 Å². The van der Waals surface area contributed by atoms with Crippen molar-refractivity contribution in [2.24, 2.45) is 7.05 Å². The van der Waals surface area contributed by atoms with Crippen LogP contribution in [0.25, 0.3) is 21.9 Å². The molecule has 0 bridgehead atoms. The minimum atomic E-state index is -0.747. The molecule has 2 aromatic carbocycles. The predicted molar refractivity (Wildman–Crippen MR) is 111 cm³/mol. The maximum atomic E-state index is 12.7. The molecule has 0 spiro atoms. The number of amides is 2. The lowest BCUT2D eigenvalue weighted by Crippen LogP contribution is -2.42. The molecule has 0 radical (unpaired) electrons. The Morgan fingerprint density at radius 1 is 1.17 bits per heavy atom. The summed E-state index contributed by atoms with van der Waals surface area (Å²) in [6, 6.07) is 14.1. The summed E-state index contributed by atoms with van der Waals surface area (Å²) in [5, 5.41) is 6.32. The fourth-order valence-corrected chi connectivity index (χ4v) is 3.25. The fraction of sp³-hybridized carbons (Fsp3) is 0.190. The number of imidazole rings is 1. The SMILES string of the molecule is COc1ccc2c(c1)cc(C(=O)NC(C)C(=O)Nc1nc3ccccc3[nH]1)n2C. The van der Waals surface area contributed by atoms with Crippen molar-refractivity contribution in [3.8, 4) is 5.75 Å². The van der Waals surface area contributed by atoms with Gasteiger partial charge in [-0.15, -0.1) is 0 Å². The molecule has 2 heterocycles. The van der Waals surface area contributed by atoms with Crippen molar-refractivity contribution in [1.29, 1.82) is 0 Å². The summed E-state index contributed by atoms with van der Waals surface area (Å²) in [5.41, 5.74) is 2.93. The zero-order valence-corrected chi connectivity index (χ0v) is 16.3. The highest BCUT2D eigenvalue weighted by molar-refractivity contribution is 6.02. The summed E-state index contributed by atoms with van der Waals surface area (Å²) in [6.07, 6.45) is 0. The maximum Gasteiger partial charge on any atom is 0.268 e. The number of carbonyl (C=O) groups excluding carboxylic acids is 2. The number of hydrogen-bond donors (Lipinski definition) is 3. The number of para-hydroxylation sites is 2. The molecule has 1 unspecified atom stereocenters. The second kappa shape index (κ2) is 7.31. The Morgan fingerprint density at radius 3 is 2.72 bits per heavy atom. The number of hydrogen-bond acceptors (Lipinski definition) is 4. The highest BCUT2D eigenvalue weighted by Crippen LogP contribution is 2.23. The van der Waals surface area contributed by atoms with Crippen LogP contribution in [0.5, 0.6) is 5.75 Å². The highest BCUT2D eigenvalue weighted by atomic mass is 16.5. The number of aromatic amines is 1. The van der Waals surface area contributed by atoms with Gasteiger partial charge in [-0.2, -0.15) is 0 Å². The summed E-state index contributed by atoms with van der Waals surface area (Å²) in [5.74, 6) is 0.357. The van der Waals surface area contributed by atoms with Crippen LogP contribution in [-0.4, -0.2) is 39.5 Å². The van der Waals surface area contributed by atoms with Crippen LogP contribution >= 0.6 is 0 Å². The Balaban J connectivity index is 1.48. The van der Waals surface area contributed by atoms with E-state index in [1.165, 1.54) is 0 Å². The van der Waals surface area contributed by atoms with Crippen molar-refractivity contribution in [3.63, 3.8) is 0 Å². The van der Waals surface area contributed by atoms with Gasteiger partial charge in [0.15, 0.2) is 0 Å². The van der Waals surface area contributed by atoms with Crippen LogP contribution in [0.15, 0.2) is 48.5 Å². The van der Waals surface area contributed by atoms with Gasteiger partial charge in [-0.25, -0.2) is 4.98 Å². The average Bonchev–Trinajstić information content (AvgIpc) is 3.27. The summed E-state index contributed by atoms with van der Waals surface area (Å²) in [6.45, 7) is 1.63. The number of anilines is 1. The second-order valence-electron chi connectivity index (χ2n) is 6.80. The largest absolute Gasteiger partial charge is 0.497 e. The van der Waals surface area contributed by atoms with Crippen LogP contribution in [0.1, 0.15) is 17.4 Å². The van der Waals surface area contributed by atoms with Gasteiger partial charge >= 0.3 is 0 Å². The van der Waals surface area contributed by atoms with E-state index in [1.807, 2.05) is 49.5 Å². The quantitative estimate of drug-likeness (QED) is 0.487. The molecule has 4 aromatic rings. The number of carbonyl (C=O) groups is 2. The van der Waals surface area contributed by atoms with Crippen LogP contribution in [-0.2, 0) is 11.8 Å². The first kappa shape index (κ1) is 18.5. The van der Waals surface area contributed by atoms with E-state index in [0.717, 1.165) is 21.9 Å². The summed E-state index contributed by atoms with van der Waals surface area (Å²) in [7, 11) is 3.41. The Labute approximate surface area is 166 Å². The number of aromatic nitrogens is 3. The van der Waals surface area contributed by atoms with Crippen molar-refractivity contribution in [3.05, 3.63) is 54.2 Å². The first-order valence-corrected chi connectivity index (χ1v) is 9.16. The van der Waals surface area contributed by atoms with Crippen molar-refractivity contribution in [1.82, 2.24) is 19.9 Å². The summed E-state index contributed by atoms with van der Waals surface area (Å²) < 4.78 is 7.02.